The van der Waals surface area contributed by atoms with Gasteiger partial charge in [0.15, 0.2) is 0 Å². The number of fused-ring (bicyclic) bond motifs is 2. The van der Waals surface area contributed by atoms with E-state index in [1.807, 2.05) is 0 Å². The van der Waals surface area contributed by atoms with Crippen molar-refractivity contribution in [2.75, 3.05) is 16.8 Å². The molecule has 3 amide bonds. The molecule has 0 aliphatic carbocycles. The molecule has 4 aromatic rings. The molecule has 3 aromatic carbocycles. The second-order valence-electron chi connectivity index (χ2n) is 10.4. The Kier molecular flexibility index (Phi) is 8.33. The van der Waals surface area contributed by atoms with Gasteiger partial charge in [-0.25, -0.2) is 9.69 Å². The Labute approximate surface area is 268 Å². The summed E-state index contributed by atoms with van der Waals surface area (Å²) in [6.45, 7) is 1.46. The van der Waals surface area contributed by atoms with Gasteiger partial charge in [-0.3, -0.25) is 23.7 Å². The fourth-order valence-electron chi connectivity index (χ4n) is 5.67. The number of nitrogens with zero attached hydrogens (tertiary/aromatic N) is 2. The zero-order chi connectivity index (χ0) is 32.7. The van der Waals surface area contributed by atoms with E-state index in [1.165, 1.54) is 41.0 Å². The van der Waals surface area contributed by atoms with Gasteiger partial charge in [0.2, 0.25) is 17.7 Å². The fourth-order valence-corrected chi connectivity index (χ4v) is 8.44. The molecule has 2 aliphatic rings. The van der Waals surface area contributed by atoms with Crippen LogP contribution >= 0.6 is 23.1 Å². The maximum absolute atomic E-state index is 13.9. The first-order chi connectivity index (χ1) is 22.0. The molecule has 1 aromatic heterocycles. The number of ether oxygens (including phenoxy) is 1. The number of carbonyl (C=O) groups excluding carboxylic acids is 4. The van der Waals surface area contributed by atoms with Gasteiger partial charge in [0.05, 0.1) is 34.4 Å². The van der Waals surface area contributed by atoms with E-state index in [4.69, 9.17) is 4.74 Å². The van der Waals surface area contributed by atoms with Gasteiger partial charge in [-0.1, -0.05) is 65.6 Å². The van der Waals surface area contributed by atoms with E-state index in [2.05, 4.69) is 5.32 Å². The van der Waals surface area contributed by atoms with Gasteiger partial charge in [0.25, 0.3) is 0 Å². The van der Waals surface area contributed by atoms with E-state index in [1.54, 1.807) is 37.3 Å². The topological polar surface area (TPSA) is 115 Å². The molecular weight excluding hydrogens is 643 g/mol. The predicted molar refractivity (Wildman–Crippen MR) is 165 cm³/mol. The molecule has 14 heteroatoms. The summed E-state index contributed by atoms with van der Waals surface area (Å²) in [5.74, 6) is -4.62. The van der Waals surface area contributed by atoms with Gasteiger partial charge in [-0.2, -0.15) is 13.2 Å². The molecule has 236 valence electrons. The largest absolute Gasteiger partial charge is 0.462 e. The molecule has 0 spiro atoms. The smallest absolute Gasteiger partial charge is 0.418 e. The summed E-state index contributed by atoms with van der Waals surface area (Å²) in [7, 11) is 0. The minimum atomic E-state index is -4.82. The molecule has 9 nitrogen and oxygen atoms in total. The first kappa shape index (κ1) is 31.3. The molecule has 3 atom stereocenters. The lowest BCUT2D eigenvalue weighted by atomic mass is 9.83. The molecule has 0 unspecified atom stereocenters. The van der Waals surface area contributed by atoms with Crippen LogP contribution in [0.4, 0.5) is 24.5 Å². The number of thiazole rings is 1. The molecule has 1 fully saturated rings. The number of alkyl halides is 3. The van der Waals surface area contributed by atoms with Crippen molar-refractivity contribution in [2.45, 2.75) is 35.8 Å². The third-order valence-corrected chi connectivity index (χ3v) is 10.2. The molecule has 6 rings (SSSR count). The Bertz CT molecular complexity index is 1910. The monoisotopic (exact) mass is 667 g/mol. The number of thioether (sulfide) groups is 1. The van der Waals surface area contributed by atoms with Crippen molar-refractivity contribution in [3.63, 3.8) is 0 Å². The van der Waals surface area contributed by atoms with E-state index in [0.29, 0.717) is 31.6 Å². The Morgan fingerprint density at radius 2 is 1.59 bits per heavy atom. The summed E-state index contributed by atoms with van der Waals surface area (Å²) in [6.07, 6.45) is -4.82. The van der Waals surface area contributed by atoms with Crippen LogP contribution in [0.25, 0.3) is 0 Å². The van der Waals surface area contributed by atoms with Gasteiger partial charge in [0.1, 0.15) is 11.8 Å². The average molecular weight is 668 g/mol. The molecule has 2 aliphatic heterocycles. The summed E-state index contributed by atoms with van der Waals surface area (Å²) < 4.78 is 48.0. The highest BCUT2D eigenvalue weighted by Crippen LogP contribution is 2.54. The number of aromatic nitrogens is 1. The van der Waals surface area contributed by atoms with Crippen LogP contribution in [-0.4, -0.2) is 40.1 Å². The molecule has 0 radical (unpaired) electrons. The second-order valence-corrected chi connectivity index (χ2v) is 12.6. The van der Waals surface area contributed by atoms with E-state index in [0.717, 1.165) is 35.2 Å². The van der Waals surface area contributed by atoms with Gasteiger partial charge in [0, 0.05) is 16.5 Å². The standard InChI is InChI=1S/C32H24F3N3O6S2/c1-2-44-30(42)18-12-14-19(15-13-18)36-22(39)16-37-29-26(46-31(37)43)23(17-8-4-3-5-9-17)24-25(45-29)28(41)38(27(24)40)21-11-7-6-10-20(21)32(33,34)35/h3-15,23-25H,2,16H2,1H3,(H,36,39)/t23-,24-,25+/m0/s1. The maximum Gasteiger partial charge on any atom is 0.418 e. The summed E-state index contributed by atoms with van der Waals surface area (Å²) in [4.78, 5) is 66.7. The van der Waals surface area contributed by atoms with Crippen molar-refractivity contribution in [3.8, 4) is 0 Å². The average Bonchev–Trinajstić information content (AvgIpc) is 3.47. The first-order valence-corrected chi connectivity index (χ1v) is 15.8. The van der Waals surface area contributed by atoms with Crippen molar-refractivity contribution in [2.24, 2.45) is 5.92 Å². The number of nitrogens with one attached hydrogen (secondary N) is 1. The van der Waals surface area contributed by atoms with Crippen LogP contribution in [0, 0.1) is 5.92 Å². The van der Waals surface area contributed by atoms with Gasteiger partial charge < -0.3 is 10.1 Å². The number of benzene rings is 3. The van der Waals surface area contributed by atoms with E-state index in [-0.39, 0.29) is 6.61 Å². The number of hydrogen-bond donors (Lipinski definition) is 1. The summed E-state index contributed by atoms with van der Waals surface area (Å²) in [5.41, 5.74) is -0.411. The lowest BCUT2D eigenvalue weighted by Gasteiger charge is -2.30. The lowest BCUT2D eigenvalue weighted by Crippen LogP contribution is -2.33. The third kappa shape index (κ3) is 5.62. The third-order valence-electron chi connectivity index (χ3n) is 7.64. The molecule has 46 heavy (non-hydrogen) atoms. The highest BCUT2D eigenvalue weighted by Gasteiger charge is 2.57. The van der Waals surface area contributed by atoms with Crippen molar-refractivity contribution in [3.05, 3.63) is 110 Å². The Morgan fingerprint density at radius 1 is 0.913 bits per heavy atom. The van der Waals surface area contributed by atoms with Crippen LogP contribution in [0.2, 0.25) is 0 Å². The Morgan fingerprint density at radius 3 is 2.26 bits per heavy atom. The molecule has 1 saturated heterocycles. The summed E-state index contributed by atoms with van der Waals surface area (Å²) in [6, 6.07) is 19.1. The maximum atomic E-state index is 13.9. The molecule has 3 heterocycles. The molecular formula is C32H24F3N3O6S2. The Balaban J connectivity index is 1.35. The number of hydrogen-bond acceptors (Lipinski definition) is 8. The number of halogens is 3. The lowest BCUT2D eigenvalue weighted by molar-refractivity contribution is -0.137. The number of amides is 3. The number of anilines is 2. The van der Waals surface area contributed by atoms with Crippen LogP contribution in [0.3, 0.4) is 0 Å². The minimum Gasteiger partial charge on any atom is -0.462 e. The molecule has 0 bridgehead atoms. The van der Waals surface area contributed by atoms with Crippen molar-refractivity contribution in [1.29, 1.82) is 0 Å². The normalized spacial score (nSPS) is 19.0. The van der Waals surface area contributed by atoms with Gasteiger partial charge >= 0.3 is 17.0 Å². The van der Waals surface area contributed by atoms with Crippen LogP contribution in [0.5, 0.6) is 0 Å². The van der Waals surface area contributed by atoms with E-state index < -0.39 is 69.6 Å². The number of rotatable bonds is 7. The highest BCUT2D eigenvalue weighted by molar-refractivity contribution is 8.00. The van der Waals surface area contributed by atoms with Crippen molar-refractivity contribution < 1.29 is 37.1 Å². The molecule has 0 saturated carbocycles. The van der Waals surface area contributed by atoms with Crippen LogP contribution in [0.15, 0.2) is 88.7 Å². The second kappa shape index (κ2) is 12.2. The number of para-hydroxylation sites is 1. The summed E-state index contributed by atoms with van der Waals surface area (Å²) in [5, 5.41) is 1.82. The number of imide groups is 1. The SMILES string of the molecule is CCOC(=O)c1ccc(NC(=O)Cn2c3c(sc2=O)[C@@H](c2ccccc2)[C@@H]2C(=O)N(c4ccccc4C(F)(F)F)C(=O)[C@@H]2S3)cc1. The predicted octanol–water partition coefficient (Wildman–Crippen LogP) is 5.54. The van der Waals surface area contributed by atoms with Crippen LogP contribution in [0.1, 0.15) is 39.2 Å². The minimum absolute atomic E-state index is 0.209. The summed E-state index contributed by atoms with van der Waals surface area (Å²) >= 11 is 1.73. The van der Waals surface area contributed by atoms with Gasteiger partial charge in [-0.05, 0) is 48.9 Å². The Hall–Kier alpha value is -4.69. The number of carbonyl (C=O) groups is 4. The van der Waals surface area contributed by atoms with E-state index in [9.17, 15) is 37.1 Å². The highest BCUT2D eigenvalue weighted by atomic mass is 32.2. The van der Waals surface area contributed by atoms with Crippen molar-refractivity contribution >= 4 is 58.2 Å². The van der Waals surface area contributed by atoms with Crippen LogP contribution < -0.4 is 15.1 Å². The zero-order valence-electron chi connectivity index (χ0n) is 23.9. The zero-order valence-corrected chi connectivity index (χ0v) is 25.6. The van der Waals surface area contributed by atoms with E-state index >= 15 is 0 Å². The van der Waals surface area contributed by atoms with Gasteiger partial charge in [-0.15, -0.1) is 0 Å². The van der Waals surface area contributed by atoms with Crippen LogP contribution in [-0.2, 0) is 31.8 Å². The molecule has 1 N–H and O–H groups in total. The van der Waals surface area contributed by atoms with Crippen molar-refractivity contribution in [1.82, 2.24) is 4.57 Å². The first-order valence-electron chi connectivity index (χ1n) is 14.1. The fraction of sp³-hybridized carbons (Fsp3) is 0.219. The number of esters is 1. The quantitative estimate of drug-likeness (QED) is 0.203.